The maximum atomic E-state index is 12.6. The van der Waals surface area contributed by atoms with Crippen molar-refractivity contribution >= 4 is 35.4 Å². The Labute approximate surface area is 178 Å². The molecule has 0 aliphatic carbocycles. The van der Waals surface area contributed by atoms with Gasteiger partial charge in [0.1, 0.15) is 0 Å². The first-order chi connectivity index (χ1) is 14.7. The van der Waals surface area contributed by atoms with Gasteiger partial charge in [0.2, 0.25) is 11.4 Å². The summed E-state index contributed by atoms with van der Waals surface area (Å²) in [6.07, 6.45) is -0.850. The Hall–Kier alpha value is -3.56. The van der Waals surface area contributed by atoms with Crippen LogP contribution >= 0.6 is 0 Å². The lowest BCUT2D eigenvalue weighted by Gasteiger charge is -2.29. The minimum Gasteiger partial charge on any atom is -0.464 e. The molecule has 166 valence electrons. The van der Waals surface area contributed by atoms with Gasteiger partial charge in [-0.05, 0) is 32.4 Å². The number of Topliss-reactive ketones (excluding diaryl/α,β-unsaturated/α-hetero) is 1. The number of rotatable bonds is 10. The van der Waals surface area contributed by atoms with Crippen molar-refractivity contribution in [3.05, 3.63) is 35.4 Å². The zero-order valence-electron chi connectivity index (χ0n) is 17.6. The van der Waals surface area contributed by atoms with Crippen molar-refractivity contribution in [2.24, 2.45) is 0 Å². The van der Waals surface area contributed by atoms with Crippen LogP contribution in [0.2, 0.25) is 0 Å². The molecule has 3 amide bonds. The van der Waals surface area contributed by atoms with Gasteiger partial charge in [-0.2, -0.15) is 0 Å². The number of benzene rings is 1. The largest absolute Gasteiger partial charge is 0.464 e. The van der Waals surface area contributed by atoms with Gasteiger partial charge in [0.25, 0.3) is 11.8 Å². The molecule has 1 N–H and O–H groups in total. The second kappa shape index (κ2) is 9.96. The Morgan fingerprint density at radius 2 is 1.42 bits per heavy atom. The second-order valence-corrected chi connectivity index (χ2v) is 6.81. The summed E-state index contributed by atoms with van der Waals surface area (Å²) in [5.74, 6) is -4.60. The molecular weight excluding hydrogens is 408 g/mol. The van der Waals surface area contributed by atoms with Gasteiger partial charge in [-0.3, -0.25) is 24.1 Å². The molecule has 31 heavy (non-hydrogen) atoms. The van der Waals surface area contributed by atoms with Gasteiger partial charge in [0.15, 0.2) is 5.78 Å². The van der Waals surface area contributed by atoms with Crippen LogP contribution in [0.25, 0.3) is 0 Å². The molecule has 1 aromatic carbocycles. The molecule has 1 aromatic rings. The van der Waals surface area contributed by atoms with E-state index >= 15 is 0 Å². The molecule has 1 aliphatic rings. The van der Waals surface area contributed by atoms with E-state index in [0.717, 1.165) is 11.8 Å². The molecule has 0 spiro atoms. The molecule has 0 radical (unpaired) electrons. The van der Waals surface area contributed by atoms with E-state index in [2.05, 4.69) is 5.32 Å². The third-order valence-corrected chi connectivity index (χ3v) is 4.63. The zero-order chi connectivity index (χ0) is 23.2. The highest BCUT2D eigenvalue weighted by Crippen LogP contribution is 2.23. The van der Waals surface area contributed by atoms with E-state index in [9.17, 15) is 28.8 Å². The third-order valence-electron chi connectivity index (χ3n) is 4.63. The number of nitrogens with zero attached hydrogens (tertiary/aromatic N) is 1. The maximum absolute atomic E-state index is 12.6. The number of amides is 3. The molecule has 1 aliphatic heterocycles. The fourth-order valence-electron chi connectivity index (χ4n) is 3.23. The summed E-state index contributed by atoms with van der Waals surface area (Å²) >= 11 is 0. The van der Waals surface area contributed by atoms with Gasteiger partial charge in [-0.25, -0.2) is 9.59 Å². The summed E-state index contributed by atoms with van der Waals surface area (Å²) in [6, 6.07) is 6.19. The summed E-state index contributed by atoms with van der Waals surface area (Å²) < 4.78 is 9.87. The average molecular weight is 432 g/mol. The standard InChI is InChI=1S/C21H24N2O8/c1-4-30-19(28)21(22-13(3)24,20(29)31-5-2)11-10-14(25)12-23-17(26)15-8-6-7-9-16(15)18(23)27/h6-9H,4-5,10-12H2,1-3H3,(H,22,24). The monoisotopic (exact) mass is 432 g/mol. The fraction of sp³-hybridized carbons (Fsp3) is 0.429. The van der Waals surface area contributed by atoms with E-state index in [0.29, 0.717) is 0 Å². The number of carbonyl (C=O) groups excluding carboxylic acids is 6. The Kier molecular flexibility index (Phi) is 7.62. The van der Waals surface area contributed by atoms with Crippen molar-refractivity contribution in [2.45, 2.75) is 39.2 Å². The van der Waals surface area contributed by atoms with Crippen molar-refractivity contribution in [3.8, 4) is 0 Å². The SMILES string of the molecule is CCOC(=O)C(CCC(=O)CN1C(=O)c2ccccc2C1=O)(NC(C)=O)C(=O)OCC. The van der Waals surface area contributed by atoms with Gasteiger partial charge >= 0.3 is 11.9 Å². The van der Waals surface area contributed by atoms with Crippen LogP contribution in [0.15, 0.2) is 24.3 Å². The van der Waals surface area contributed by atoms with E-state index in [-0.39, 0.29) is 24.3 Å². The Morgan fingerprint density at radius 3 is 1.84 bits per heavy atom. The molecule has 1 heterocycles. The summed E-state index contributed by atoms with van der Waals surface area (Å²) in [5.41, 5.74) is -1.81. The number of nitrogens with one attached hydrogen (secondary N) is 1. The Balaban J connectivity index is 2.18. The molecule has 10 nitrogen and oxygen atoms in total. The number of esters is 2. The molecule has 10 heteroatoms. The minimum absolute atomic E-state index is 0.0669. The van der Waals surface area contributed by atoms with E-state index < -0.39 is 60.4 Å². The molecular formula is C21H24N2O8. The van der Waals surface area contributed by atoms with Gasteiger partial charge in [0, 0.05) is 13.3 Å². The predicted molar refractivity (Wildman–Crippen MR) is 106 cm³/mol. The van der Waals surface area contributed by atoms with Gasteiger partial charge in [-0.1, -0.05) is 12.1 Å². The van der Waals surface area contributed by atoms with Crippen molar-refractivity contribution < 1.29 is 38.2 Å². The predicted octanol–water partition coefficient (Wildman–Crippen LogP) is 0.633. The molecule has 0 saturated carbocycles. The normalized spacial score (nSPS) is 12.9. The number of hydrogen-bond donors (Lipinski definition) is 1. The summed E-state index contributed by atoms with van der Waals surface area (Å²) in [7, 11) is 0. The number of imide groups is 1. The topological polar surface area (TPSA) is 136 Å². The van der Waals surface area contributed by atoms with Gasteiger partial charge in [-0.15, -0.1) is 0 Å². The van der Waals surface area contributed by atoms with Crippen LogP contribution in [0.5, 0.6) is 0 Å². The Morgan fingerprint density at radius 1 is 0.935 bits per heavy atom. The van der Waals surface area contributed by atoms with E-state index in [1.54, 1.807) is 12.1 Å². The van der Waals surface area contributed by atoms with Crippen molar-refractivity contribution in [3.63, 3.8) is 0 Å². The first-order valence-corrected chi connectivity index (χ1v) is 9.78. The van der Waals surface area contributed by atoms with Crippen LogP contribution in [0, 0.1) is 0 Å². The van der Waals surface area contributed by atoms with E-state index in [1.807, 2.05) is 0 Å². The molecule has 0 bridgehead atoms. The molecule has 0 saturated heterocycles. The summed E-state index contributed by atoms with van der Waals surface area (Å²) in [6.45, 7) is 3.48. The number of fused-ring (bicyclic) bond motifs is 1. The number of ether oxygens (including phenoxy) is 2. The molecule has 2 rings (SSSR count). The molecule has 0 unspecified atom stereocenters. The molecule has 0 aromatic heterocycles. The van der Waals surface area contributed by atoms with Crippen molar-refractivity contribution in [2.75, 3.05) is 19.8 Å². The third kappa shape index (κ3) is 4.96. The van der Waals surface area contributed by atoms with Crippen LogP contribution < -0.4 is 5.32 Å². The lowest BCUT2D eigenvalue weighted by atomic mass is 9.91. The summed E-state index contributed by atoms with van der Waals surface area (Å²) in [4.78, 5) is 75.0. The van der Waals surface area contributed by atoms with E-state index in [1.165, 1.54) is 26.0 Å². The highest BCUT2D eigenvalue weighted by Gasteiger charge is 2.50. The first kappa shape index (κ1) is 23.7. The first-order valence-electron chi connectivity index (χ1n) is 9.78. The van der Waals surface area contributed by atoms with Crippen LogP contribution in [0.1, 0.15) is 54.3 Å². The van der Waals surface area contributed by atoms with Gasteiger partial charge in [0.05, 0.1) is 30.9 Å². The quantitative estimate of drug-likeness (QED) is 0.323. The molecule has 0 fully saturated rings. The number of hydrogen-bond acceptors (Lipinski definition) is 8. The fourth-order valence-corrected chi connectivity index (χ4v) is 3.23. The van der Waals surface area contributed by atoms with E-state index in [4.69, 9.17) is 9.47 Å². The number of carbonyl (C=O) groups is 6. The summed E-state index contributed by atoms with van der Waals surface area (Å²) in [5, 5.41) is 2.26. The lowest BCUT2D eigenvalue weighted by Crippen LogP contribution is -2.61. The van der Waals surface area contributed by atoms with Crippen molar-refractivity contribution in [1.29, 1.82) is 0 Å². The minimum atomic E-state index is -2.21. The lowest BCUT2D eigenvalue weighted by molar-refractivity contribution is -0.168. The second-order valence-electron chi connectivity index (χ2n) is 6.81. The molecule has 0 atom stereocenters. The Bertz CT molecular complexity index is 871. The highest BCUT2D eigenvalue weighted by molar-refractivity contribution is 6.22. The smallest absolute Gasteiger partial charge is 0.343 e. The van der Waals surface area contributed by atoms with Gasteiger partial charge < -0.3 is 14.8 Å². The maximum Gasteiger partial charge on any atom is 0.343 e. The zero-order valence-corrected chi connectivity index (χ0v) is 17.6. The highest BCUT2D eigenvalue weighted by atomic mass is 16.6. The van der Waals surface area contributed by atoms with Crippen LogP contribution in [0.3, 0.4) is 0 Å². The van der Waals surface area contributed by atoms with Crippen LogP contribution in [-0.2, 0) is 28.7 Å². The number of ketones is 1. The van der Waals surface area contributed by atoms with Crippen LogP contribution in [0.4, 0.5) is 0 Å². The van der Waals surface area contributed by atoms with Crippen molar-refractivity contribution in [1.82, 2.24) is 10.2 Å². The average Bonchev–Trinajstić information content (AvgIpc) is 2.96. The van der Waals surface area contributed by atoms with Crippen LogP contribution in [-0.4, -0.2) is 65.6 Å².